The van der Waals surface area contributed by atoms with E-state index in [4.69, 9.17) is 9.15 Å². The van der Waals surface area contributed by atoms with Gasteiger partial charge < -0.3 is 23.9 Å². The monoisotopic (exact) mass is 511 g/mol. The number of methoxy groups -OCH3 is 1. The lowest BCUT2D eigenvalue weighted by Crippen LogP contribution is -2.52. The van der Waals surface area contributed by atoms with Gasteiger partial charge >= 0.3 is 0 Å². The third-order valence-corrected chi connectivity index (χ3v) is 6.55. The first kappa shape index (κ1) is 25.0. The van der Waals surface area contributed by atoms with Crippen LogP contribution in [-0.4, -0.2) is 71.6 Å². The summed E-state index contributed by atoms with van der Waals surface area (Å²) in [6.07, 6.45) is 1.56. The predicted molar refractivity (Wildman–Crippen MR) is 143 cm³/mol. The van der Waals surface area contributed by atoms with Crippen molar-refractivity contribution in [2.75, 3.05) is 44.7 Å². The third-order valence-electron chi connectivity index (χ3n) is 6.55. The molecule has 0 atom stereocenters. The fourth-order valence-electron chi connectivity index (χ4n) is 4.41. The molecular formula is C29H29N5O4. The molecule has 9 heteroatoms. The Morgan fingerprint density at radius 1 is 0.895 bits per heavy atom. The molecule has 0 bridgehead atoms. The smallest absolute Gasteiger partial charge is 0.254 e. The van der Waals surface area contributed by atoms with Gasteiger partial charge in [-0.05, 0) is 60.7 Å². The van der Waals surface area contributed by atoms with E-state index in [0.29, 0.717) is 37.5 Å². The molecule has 1 aliphatic heterocycles. The molecule has 38 heavy (non-hydrogen) atoms. The number of carbonyl (C=O) groups is 2. The zero-order valence-corrected chi connectivity index (χ0v) is 21.2. The van der Waals surface area contributed by atoms with Gasteiger partial charge in [0.05, 0.1) is 25.6 Å². The fraction of sp³-hybridized carbons (Fsp3) is 0.241. The van der Waals surface area contributed by atoms with Gasteiger partial charge in [-0.2, -0.15) is 0 Å². The molecule has 0 aliphatic carbocycles. The number of benzene rings is 2. The van der Waals surface area contributed by atoms with E-state index in [1.54, 1.807) is 42.5 Å². The molecule has 0 N–H and O–H groups in total. The molecular weight excluding hydrogens is 482 g/mol. The van der Waals surface area contributed by atoms with Crippen molar-refractivity contribution in [3.05, 3.63) is 96.4 Å². The van der Waals surface area contributed by atoms with Gasteiger partial charge in [-0.3, -0.25) is 9.59 Å². The van der Waals surface area contributed by atoms with Crippen LogP contribution in [0.1, 0.15) is 16.1 Å². The summed E-state index contributed by atoms with van der Waals surface area (Å²) in [5.41, 5.74) is 2.28. The molecule has 3 heterocycles. The molecule has 2 amide bonds. The number of rotatable bonds is 8. The molecule has 9 nitrogen and oxygen atoms in total. The Bertz CT molecular complexity index is 1330. The van der Waals surface area contributed by atoms with Crippen molar-refractivity contribution in [2.45, 2.75) is 6.54 Å². The molecule has 1 saturated heterocycles. The van der Waals surface area contributed by atoms with E-state index in [1.807, 2.05) is 54.6 Å². The predicted octanol–water partition coefficient (Wildman–Crippen LogP) is 3.74. The Balaban J connectivity index is 1.19. The largest absolute Gasteiger partial charge is 0.497 e. The maximum absolute atomic E-state index is 13.2. The summed E-state index contributed by atoms with van der Waals surface area (Å²) < 4.78 is 10.7. The minimum absolute atomic E-state index is 0.0230. The Labute approximate surface area is 221 Å². The van der Waals surface area contributed by atoms with E-state index in [-0.39, 0.29) is 24.9 Å². The van der Waals surface area contributed by atoms with Crippen molar-refractivity contribution in [1.29, 1.82) is 0 Å². The van der Waals surface area contributed by atoms with E-state index in [2.05, 4.69) is 15.1 Å². The average molecular weight is 512 g/mol. The highest BCUT2D eigenvalue weighted by molar-refractivity contribution is 5.96. The molecule has 194 valence electrons. The van der Waals surface area contributed by atoms with E-state index in [0.717, 1.165) is 22.8 Å². The number of carbonyl (C=O) groups excluding carboxylic acids is 2. The van der Waals surface area contributed by atoms with E-state index >= 15 is 0 Å². The fourth-order valence-corrected chi connectivity index (χ4v) is 4.41. The first-order valence-corrected chi connectivity index (χ1v) is 12.5. The number of furan rings is 1. The van der Waals surface area contributed by atoms with Crippen LogP contribution in [0.3, 0.4) is 0 Å². The zero-order valence-electron chi connectivity index (χ0n) is 21.2. The SMILES string of the molecule is COc1ccc(-c2ccc(N3CCN(C(=O)CN(Cc4ccco4)C(=O)c4ccccc4)CC3)nn2)cc1. The van der Waals surface area contributed by atoms with Crippen molar-refractivity contribution in [3.63, 3.8) is 0 Å². The maximum atomic E-state index is 13.2. The molecule has 0 saturated carbocycles. The summed E-state index contributed by atoms with van der Waals surface area (Å²) in [4.78, 5) is 31.8. The summed E-state index contributed by atoms with van der Waals surface area (Å²) in [5.74, 6) is 1.89. The molecule has 5 rings (SSSR count). The van der Waals surface area contributed by atoms with Crippen LogP contribution in [-0.2, 0) is 11.3 Å². The van der Waals surface area contributed by atoms with Gasteiger partial charge in [-0.15, -0.1) is 10.2 Å². The van der Waals surface area contributed by atoms with Gasteiger partial charge in [0.15, 0.2) is 5.82 Å². The molecule has 4 aromatic rings. The molecule has 2 aromatic carbocycles. The van der Waals surface area contributed by atoms with E-state index in [1.165, 1.54) is 4.90 Å². The van der Waals surface area contributed by atoms with Gasteiger partial charge in [0.1, 0.15) is 18.1 Å². The molecule has 1 fully saturated rings. The Morgan fingerprint density at radius 3 is 2.29 bits per heavy atom. The van der Waals surface area contributed by atoms with Crippen LogP contribution in [0, 0.1) is 0 Å². The number of nitrogens with zero attached hydrogens (tertiary/aromatic N) is 5. The second kappa shape index (κ2) is 11.6. The van der Waals surface area contributed by atoms with Crippen LogP contribution in [0.15, 0.2) is 89.5 Å². The summed E-state index contributed by atoms with van der Waals surface area (Å²) in [7, 11) is 1.64. The van der Waals surface area contributed by atoms with Crippen molar-refractivity contribution in [1.82, 2.24) is 20.0 Å². The second-order valence-corrected chi connectivity index (χ2v) is 8.98. The quantitative estimate of drug-likeness (QED) is 0.356. The highest BCUT2D eigenvalue weighted by Gasteiger charge is 2.26. The van der Waals surface area contributed by atoms with Gasteiger partial charge in [-0.1, -0.05) is 18.2 Å². The zero-order chi connectivity index (χ0) is 26.3. The Morgan fingerprint density at radius 2 is 1.66 bits per heavy atom. The normalized spacial score (nSPS) is 13.3. The van der Waals surface area contributed by atoms with E-state index in [9.17, 15) is 9.59 Å². The third kappa shape index (κ3) is 5.83. The summed E-state index contributed by atoms with van der Waals surface area (Å²) in [6.45, 7) is 2.54. The molecule has 0 radical (unpaired) electrons. The first-order valence-electron chi connectivity index (χ1n) is 12.5. The van der Waals surface area contributed by atoms with Crippen LogP contribution >= 0.6 is 0 Å². The topological polar surface area (TPSA) is 92.0 Å². The van der Waals surface area contributed by atoms with Crippen LogP contribution < -0.4 is 9.64 Å². The molecule has 2 aromatic heterocycles. The lowest BCUT2D eigenvalue weighted by Gasteiger charge is -2.36. The number of amides is 2. The van der Waals surface area contributed by atoms with Gasteiger partial charge in [0, 0.05) is 37.3 Å². The number of hydrogen-bond acceptors (Lipinski definition) is 7. The number of hydrogen-bond donors (Lipinski definition) is 0. The molecule has 1 aliphatic rings. The summed E-state index contributed by atoms with van der Waals surface area (Å²) in [6, 6.07) is 24.1. The van der Waals surface area contributed by atoms with E-state index < -0.39 is 0 Å². The van der Waals surface area contributed by atoms with Crippen LogP contribution in [0.25, 0.3) is 11.3 Å². The number of aromatic nitrogens is 2. The second-order valence-electron chi connectivity index (χ2n) is 8.98. The average Bonchev–Trinajstić information content (AvgIpc) is 3.50. The first-order chi connectivity index (χ1) is 18.6. The number of ether oxygens (including phenoxy) is 1. The van der Waals surface area contributed by atoms with Gasteiger partial charge in [-0.25, -0.2) is 0 Å². The van der Waals surface area contributed by atoms with Gasteiger partial charge in [0.2, 0.25) is 5.91 Å². The number of anilines is 1. The van der Waals surface area contributed by atoms with Crippen molar-refractivity contribution < 1.29 is 18.7 Å². The summed E-state index contributed by atoms with van der Waals surface area (Å²) >= 11 is 0. The number of piperazine rings is 1. The van der Waals surface area contributed by atoms with Crippen molar-refractivity contribution in [3.8, 4) is 17.0 Å². The van der Waals surface area contributed by atoms with Crippen LogP contribution in [0.4, 0.5) is 5.82 Å². The summed E-state index contributed by atoms with van der Waals surface area (Å²) in [5, 5.41) is 8.81. The van der Waals surface area contributed by atoms with Gasteiger partial charge in [0.25, 0.3) is 5.91 Å². The highest BCUT2D eigenvalue weighted by atomic mass is 16.5. The minimum Gasteiger partial charge on any atom is -0.497 e. The lowest BCUT2D eigenvalue weighted by atomic mass is 10.1. The van der Waals surface area contributed by atoms with Crippen molar-refractivity contribution >= 4 is 17.6 Å². The Kier molecular flexibility index (Phi) is 7.63. The molecule has 0 unspecified atom stereocenters. The van der Waals surface area contributed by atoms with Crippen LogP contribution in [0.5, 0.6) is 5.75 Å². The Hall–Kier alpha value is -4.66. The maximum Gasteiger partial charge on any atom is 0.254 e. The standard InChI is InChI=1S/C29H29N5O4/c1-37-24-11-9-22(10-12-24)26-13-14-27(31-30-26)32-15-17-33(18-16-32)28(35)21-34(20-25-8-5-19-38-25)29(36)23-6-3-2-4-7-23/h2-14,19H,15-18,20-21H2,1H3. The minimum atomic E-state index is -0.207. The highest BCUT2D eigenvalue weighted by Crippen LogP contribution is 2.22. The lowest BCUT2D eigenvalue weighted by molar-refractivity contribution is -0.132. The van der Waals surface area contributed by atoms with Crippen molar-refractivity contribution in [2.24, 2.45) is 0 Å². The van der Waals surface area contributed by atoms with Crippen LogP contribution in [0.2, 0.25) is 0 Å². The molecule has 0 spiro atoms.